The number of hydrogen-bond donors (Lipinski definition) is 2. The fraction of sp³-hybridized carbons (Fsp3) is 0.143. The van der Waals surface area contributed by atoms with Crippen molar-refractivity contribution in [3.8, 4) is 11.1 Å². The van der Waals surface area contributed by atoms with Gasteiger partial charge in [-0.15, -0.1) is 0 Å². The van der Waals surface area contributed by atoms with Crippen molar-refractivity contribution in [3.63, 3.8) is 0 Å². The molecule has 0 radical (unpaired) electrons. The highest BCUT2D eigenvalue weighted by Crippen LogP contribution is 2.38. The Bertz CT molecular complexity index is 1700. The van der Waals surface area contributed by atoms with E-state index in [2.05, 4.69) is 10.1 Å². The third-order valence-electron chi connectivity index (χ3n) is 6.43. The molecule has 1 aliphatic heterocycles. The highest BCUT2D eigenvalue weighted by Gasteiger charge is 2.45. The number of pyridine rings is 1. The molecule has 3 aromatic carbocycles. The predicted octanol–water partition coefficient (Wildman–Crippen LogP) is 5.78. The molecule has 7 nitrogen and oxygen atoms in total. The number of rotatable bonds is 6. The number of hydrazone groups is 1. The number of aromatic nitrogens is 1. The lowest BCUT2D eigenvalue weighted by atomic mass is 9.91. The lowest BCUT2D eigenvalue weighted by Crippen LogP contribution is -2.37. The summed E-state index contributed by atoms with van der Waals surface area (Å²) in [5, 5.41) is 14.9. The number of carbonyl (C=O) groups excluding carboxylic acids is 1. The van der Waals surface area contributed by atoms with Crippen LogP contribution in [0.1, 0.15) is 30.0 Å². The Balaban J connectivity index is 1.70. The average Bonchev–Trinajstić information content (AvgIpc) is 3.33. The molecule has 1 aliphatic rings. The van der Waals surface area contributed by atoms with Gasteiger partial charge < -0.3 is 10.1 Å². The standard InChI is InChI=1S/C28H19ClF3N3O4/c29-17-10-8-15(9-11-17)22-13-21(34-35(22)23(36)14-28(31,32)27(38)39)25-24(16-4-3-5-18(30)12-16)19-6-1-2-7-20(19)33-26(25)37/h1-12,22H,13-14H2,(H,33,37)(H,38,39). The summed E-state index contributed by atoms with van der Waals surface area (Å²) >= 11 is 5.99. The molecule has 1 unspecified atom stereocenters. The molecule has 1 atom stereocenters. The van der Waals surface area contributed by atoms with Crippen LogP contribution in [0.4, 0.5) is 13.2 Å². The monoisotopic (exact) mass is 553 g/mol. The zero-order chi connectivity index (χ0) is 27.9. The fourth-order valence-corrected chi connectivity index (χ4v) is 4.77. The minimum Gasteiger partial charge on any atom is -0.477 e. The topological polar surface area (TPSA) is 103 Å². The summed E-state index contributed by atoms with van der Waals surface area (Å²) in [6.45, 7) is 0. The highest BCUT2D eigenvalue weighted by atomic mass is 35.5. The quantitative estimate of drug-likeness (QED) is 0.316. The van der Waals surface area contributed by atoms with Crippen LogP contribution in [0.25, 0.3) is 22.0 Å². The number of nitrogens with zero attached hydrogens (tertiary/aromatic N) is 2. The third-order valence-corrected chi connectivity index (χ3v) is 6.68. The minimum atomic E-state index is -4.33. The maximum atomic E-state index is 14.3. The first kappa shape index (κ1) is 26.2. The number of benzene rings is 3. The number of nitrogens with one attached hydrogen (secondary N) is 1. The van der Waals surface area contributed by atoms with Gasteiger partial charge in [0, 0.05) is 27.9 Å². The van der Waals surface area contributed by atoms with Crippen molar-refractivity contribution in [1.82, 2.24) is 9.99 Å². The van der Waals surface area contributed by atoms with Crippen molar-refractivity contribution >= 4 is 40.1 Å². The molecule has 2 N–H and O–H groups in total. The molecule has 1 aromatic heterocycles. The summed E-state index contributed by atoms with van der Waals surface area (Å²) in [5.41, 5.74) is 1.24. The van der Waals surface area contributed by atoms with Gasteiger partial charge in [-0.25, -0.2) is 14.2 Å². The maximum Gasteiger partial charge on any atom is 0.375 e. The molecule has 198 valence electrons. The summed E-state index contributed by atoms with van der Waals surface area (Å²) < 4.78 is 42.3. The molecule has 0 fully saturated rings. The molecule has 0 saturated heterocycles. The van der Waals surface area contributed by atoms with Gasteiger partial charge in [0.1, 0.15) is 12.2 Å². The van der Waals surface area contributed by atoms with Crippen LogP contribution in [0.2, 0.25) is 5.02 Å². The van der Waals surface area contributed by atoms with Crippen molar-refractivity contribution in [2.24, 2.45) is 5.10 Å². The summed E-state index contributed by atoms with van der Waals surface area (Å²) in [6.07, 6.45) is -1.69. The number of fused-ring (bicyclic) bond motifs is 1. The second-order valence-electron chi connectivity index (χ2n) is 9.00. The van der Waals surface area contributed by atoms with E-state index in [0.29, 0.717) is 32.6 Å². The number of carbonyl (C=O) groups is 2. The lowest BCUT2D eigenvalue weighted by Gasteiger charge is -2.23. The van der Waals surface area contributed by atoms with Gasteiger partial charge in [0.05, 0.1) is 17.3 Å². The van der Waals surface area contributed by atoms with Crippen molar-refractivity contribution in [2.75, 3.05) is 0 Å². The largest absolute Gasteiger partial charge is 0.477 e. The van der Waals surface area contributed by atoms with E-state index in [4.69, 9.17) is 16.7 Å². The lowest BCUT2D eigenvalue weighted by molar-refractivity contribution is -0.170. The van der Waals surface area contributed by atoms with E-state index >= 15 is 0 Å². The minimum absolute atomic E-state index is 0.0403. The molecule has 0 aliphatic carbocycles. The Morgan fingerprint density at radius 3 is 2.46 bits per heavy atom. The summed E-state index contributed by atoms with van der Waals surface area (Å²) in [4.78, 5) is 40.2. The number of para-hydroxylation sites is 1. The number of hydrogen-bond acceptors (Lipinski definition) is 4. The molecular formula is C28H19ClF3N3O4. The molecule has 2 heterocycles. The fourth-order valence-electron chi connectivity index (χ4n) is 4.64. The van der Waals surface area contributed by atoms with Crippen LogP contribution in [0, 0.1) is 5.82 Å². The Morgan fingerprint density at radius 2 is 1.77 bits per heavy atom. The molecule has 0 bridgehead atoms. The smallest absolute Gasteiger partial charge is 0.375 e. The molecular weight excluding hydrogens is 535 g/mol. The zero-order valence-corrected chi connectivity index (χ0v) is 20.8. The first-order chi connectivity index (χ1) is 18.5. The summed E-state index contributed by atoms with van der Waals surface area (Å²) in [5.74, 6) is -8.56. The van der Waals surface area contributed by atoms with E-state index < -0.39 is 41.6 Å². The zero-order valence-electron chi connectivity index (χ0n) is 20.0. The number of aromatic amines is 1. The van der Waals surface area contributed by atoms with Crippen molar-refractivity contribution in [3.05, 3.63) is 105 Å². The number of carboxylic acid groups (broad SMARTS) is 1. The van der Waals surface area contributed by atoms with Crippen LogP contribution < -0.4 is 5.56 Å². The van der Waals surface area contributed by atoms with Gasteiger partial charge in [0.15, 0.2) is 0 Å². The Morgan fingerprint density at radius 1 is 1.05 bits per heavy atom. The normalized spacial score (nSPS) is 15.4. The third kappa shape index (κ3) is 5.03. The SMILES string of the molecule is O=C(CC(F)(F)C(=O)O)N1N=C(c2c(-c3cccc(F)c3)c3ccccc3[nH]c2=O)CC1c1ccc(Cl)cc1. The molecule has 5 rings (SSSR count). The van der Waals surface area contributed by atoms with Crippen LogP contribution >= 0.6 is 11.6 Å². The van der Waals surface area contributed by atoms with Gasteiger partial charge in [-0.1, -0.05) is 54.1 Å². The van der Waals surface area contributed by atoms with Crippen molar-refractivity contribution in [2.45, 2.75) is 24.8 Å². The predicted molar refractivity (Wildman–Crippen MR) is 139 cm³/mol. The van der Waals surface area contributed by atoms with Crippen LogP contribution in [0.5, 0.6) is 0 Å². The molecule has 1 amide bonds. The number of aliphatic carboxylic acids is 1. The van der Waals surface area contributed by atoms with E-state index in [9.17, 15) is 27.6 Å². The molecule has 11 heteroatoms. The second-order valence-corrected chi connectivity index (χ2v) is 9.44. The van der Waals surface area contributed by atoms with Crippen molar-refractivity contribution < 1.29 is 27.9 Å². The van der Waals surface area contributed by atoms with Crippen LogP contribution in [-0.2, 0) is 9.59 Å². The Kier molecular flexibility index (Phi) is 6.73. The number of halogens is 4. The molecule has 4 aromatic rings. The second kappa shape index (κ2) is 10.0. The first-order valence-corrected chi connectivity index (χ1v) is 12.1. The van der Waals surface area contributed by atoms with Crippen LogP contribution in [0.3, 0.4) is 0 Å². The highest BCUT2D eigenvalue weighted by molar-refractivity contribution is 6.30. The van der Waals surface area contributed by atoms with Crippen LogP contribution in [-0.4, -0.2) is 38.6 Å². The number of alkyl halides is 2. The molecule has 39 heavy (non-hydrogen) atoms. The van der Waals surface area contributed by atoms with Gasteiger partial charge in [-0.05, 0) is 41.5 Å². The van der Waals surface area contributed by atoms with Gasteiger partial charge in [-0.2, -0.15) is 13.9 Å². The first-order valence-electron chi connectivity index (χ1n) is 11.7. The summed E-state index contributed by atoms with van der Waals surface area (Å²) in [7, 11) is 0. The van der Waals surface area contributed by atoms with Gasteiger partial charge in [0.25, 0.3) is 5.56 Å². The van der Waals surface area contributed by atoms with E-state index in [1.54, 1.807) is 54.6 Å². The molecule has 0 saturated carbocycles. The van der Waals surface area contributed by atoms with Crippen molar-refractivity contribution in [1.29, 1.82) is 0 Å². The Hall–Kier alpha value is -4.44. The maximum absolute atomic E-state index is 14.3. The number of H-pyrrole nitrogens is 1. The van der Waals surface area contributed by atoms with Gasteiger partial charge in [0.2, 0.25) is 5.91 Å². The van der Waals surface area contributed by atoms with Gasteiger partial charge in [-0.3, -0.25) is 9.59 Å². The number of amides is 1. The average molecular weight is 554 g/mol. The number of carboxylic acids is 1. The summed E-state index contributed by atoms with van der Waals surface area (Å²) in [6, 6.07) is 17.8. The Labute approximate surface area is 224 Å². The van der Waals surface area contributed by atoms with E-state index in [-0.39, 0.29) is 17.7 Å². The van der Waals surface area contributed by atoms with E-state index in [1.807, 2.05) is 0 Å². The van der Waals surface area contributed by atoms with E-state index in [1.165, 1.54) is 18.2 Å². The van der Waals surface area contributed by atoms with Gasteiger partial charge >= 0.3 is 11.9 Å². The molecule has 0 spiro atoms. The van der Waals surface area contributed by atoms with Crippen LogP contribution in [0.15, 0.2) is 82.7 Å². The van der Waals surface area contributed by atoms with E-state index in [0.717, 1.165) is 5.01 Å².